The number of phenols is 1. The number of aryl methyl sites for hydroxylation is 2. The number of benzene rings is 2. The molecule has 2 rings (SSSR count). The van der Waals surface area contributed by atoms with Gasteiger partial charge in [0.25, 0.3) is 5.91 Å². The van der Waals surface area contributed by atoms with E-state index >= 15 is 0 Å². The largest absolute Gasteiger partial charge is 0.507 e. The van der Waals surface area contributed by atoms with E-state index in [0.717, 1.165) is 34.4 Å². The molecule has 0 aromatic heterocycles. The lowest BCUT2D eigenvalue weighted by Gasteiger charge is -2.21. The summed E-state index contributed by atoms with van der Waals surface area (Å²) in [6.07, 6.45) is 1.41. The molecule has 2 aromatic carbocycles. The van der Waals surface area contributed by atoms with Crippen LogP contribution in [0.2, 0.25) is 0 Å². The molecule has 1 amide bonds. The summed E-state index contributed by atoms with van der Waals surface area (Å²) < 4.78 is 6.40. The number of anilines is 1. The Hall–Kier alpha value is -2.54. The second-order valence-electron chi connectivity index (χ2n) is 6.39. The van der Waals surface area contributed by atoms with Crippen molar-refractivity contribution in [3.63, 3.8) is 0 Å². The zero-order valence-electron chi connectivity index (χ0n) is 16.6. The minimum absolute atomic E-state index is 0.109. The van der Waals surface area contributed by atoms with Gasteiger partial charge in [-0.25, -0.2) is 5.43 Å². The van der Waals surface area contributed by atoms with Crippen LogP contribution in [-0.2, 0) is 4.79 Å². The van der Waals surface area contributed by atoms with Gasteiger partial charge in [-0.1, -0.05) is 6.07 Å². The lowest BCUT2D eigenvalue weighted by Crippen LogP contribution is -2.25. The summed E-state index contributed by atoms with van der Waals surface area (Å²) in [6.45, 7) is 9.59. The third kappa shape index (κ3) is 5.73. The van der Waals surface area contributed by atoms with Crippen molar-refractivity contribution < 1.29 is 14.6 Å². The van der Waals surface area contributed by atoms with Gasteiger partial charge < -0.3 is 14.7 Å². The zero-order chi connectivity index (χ0) is 20.7. The third-order valence-electron chi connectivity index (χ3n) is 4.26. The molecule has 0 fully saturated rings. The molecule has 0 spiro atoms. The molecule has 0 unspecified atom stereocenters. The van der Waals surface area contributed by atoms with Gasteiger partial charge in [0.1, 0.15) is 11.5 Å². The Balaban J connectivity index is 1.93. The van der Waals surface area contributed by atoms with Crippen LogP contribution in [0.15, 0.2) is 39.9 Å². The molecule has 0 radical (unpaired) electrons. The molecule has 7 heteroatoms. The minimum atomic E-state index is -0.387. The highest BCUT2D eigenvalue weighted by Gasteiger charge is 2.09. The highest BCUT2D eigenvalue weighted by molar-refractivity contribution is 9.10. The van der Waals surface area contributed by atoms with Crippen LogP contribution in [0.4, 0.5) is 5.69 Å². The molecule has 2 aromatic rings. The quantitative estimate of drug-likeness (QED) is 0.470. The SMILES string of the molecule is CCN(CC)c1ccc(/C=N\NC(=O)COc2c(C)cc(C)cc2Br)c(O)c1. The van der Waals surface area contributed by atoms with Gasteiger partial charge in [0.15, 0.2) is 6.61 Å². The zero-order valence-corrected chi connectivity index (χ0v) is 18.2. The monoisotopic (exact) mass is 447 g/mol. The van der Waals surface area contributed by atoms with Gasteiger partial charge in [0.05, 0.1) is 10.7 Å². The molecular formula is C21H26BrN3O3. The van der Waals surface area contributed by atoms with Gasteiger partial charge >= 0.3 is 0 Å². The predicted octanol–water partition coefficient (Wildman–Crippen LogP) is 4.15. The van der Waals surface area contributed by atoms with Crippen LogP contribution in [0.3, 0.4) is 0 Å². The Bertz CT molecular complexity index is 841. The van der Waals surface area contributed by atoms with Crippen molar-refractivity contribution in [3.8, 4) is 11.5 Å². The van der Waals surface area contributed by atoms with Crippen LogP contribution in [0, 0.1) is 13.8 Å². The Kier molecular flexibility index (Phi) is 7.87. The number of rotatable bonds is 8. The lowest BCUT2D eigenvalue weighted by molar-refractivity contribution is -0.123. The Morgan fingerprint density at radius 3 is 2.57 bits per heavy atom. The molecule has 2 N–H and O–H groups in total. The number of ether oxygens (including phenoxy) is 1. The summed E-state index contributed by atoms with van der Waals surface area (Å²) in [6, 6.07) is 9.29. The topological polar surface area (TPSA) is 74.2 Å². The summed E-state index contributed by atoms with van der Waals surface area (Å²) >= 11 is 3.45. The highest BCUT2D eigenvalue weighted by atomic mass is 79.9. The number of hydrogen-bond donors (Lipinski definition) is 2. The molecule has 0 atom stereocenters. The van der Waals surface area contributed by atoms with Crippen LogP contribution in [0.5, 0.6) is 11.5 Å². The molecule has 28 heavy (non-hydrogen) atoms. The average Bonchev–Trinajstić information content (AvgIpc) is 2.63. The van der Waals surface area contributed by atoms with E-state index in [1.54, 1.807) is 12.1 Å². The van der Waals surface area contributed by atoms with E-state index in [9.17, 15) is 9.90 Å². The van der Waals surface area contributed by atoms with Crippen molar-refractivity contribution in [2.24, 2.45) is 5.10 Å². The molecule has 150 valence electrons. The smallest absolute Gasteiger partial charge is 0.277 e. The van der Waals surface area contributed by atoms with E-state index < -0.39 is 0 Å². The first-order valence-electron chi connectivity index (χ1n) is 9.15. The number of hydrazone groups is 1. The second-order valence-corrected chi connectivity index (χ2v) is 7.24. The van der Waals surface area contributed by atoms with Crippen molar-refractivity contribution in [1.82, 2.24) is 5.43 Å². The van der Waals surface area contributed by atoms with Crippen molar-refractivity contribution in [3.05, 3.63) is 51.5 Å². The lowest BCUT2D eigenvalue weighted by atomic mass is 10.1. The first-order valence-corrected chi connectivity index (χ1v) is 9.94. The molecule has 6 nitrogen and oxygen atoms in total. The summed E-state index contributed by atoms with van der Waals surface area (Å²) in [5, 5.41) is 14.1. The number of nitrogens with zero attached hydrogens (tertiary/aromatic N) is 2. The van der Waals surface area contributed by atoms with Crippen LogP contribution in [0.1, 0.15) is 30.5 Å². The van der Waals surface area contributed by atoms with E-state index in [1.165, 1.54) is 6.21 Å². The first-order chi connectivity index (χ1) is 13.3. The minimum Gasteiger partial charge on any atom is -0.507 e. The second kappa shape index (κ2) is 10.1. The van der Waals surface area contributed by atoms with Crippen molar-refractivity contribution in [2.75, 3.05) is 24.6 Å². The maximum atomic E-state index is 12.0. The maximum absolute atomic E-state index is 12.0. The van der Waals surface area contributed by atoms with E-state index in [1.807, 2.05) is 32.0 Å². The van der Waals surface area contributed by atoms with Gasteiger partial charge in [0.2, 0.25) is 0 Å². The number of halogens is 1. The van der Waals surface area contributed by atoms with Crippen LogP contribution in [-0.4, -0.2) is 36.9 Å². The van der Waals surface area contributed by atoms with Gasteiger partial charge in [0, 0.05) is 30.4 Å². The van der Waals surface area contributed by atoms with E-state index in [2.05, 4.69) is 45.2 Å². The first kappa shape index (κ1) is 21.8. The Labute approximate surface area is 174 Å². The average molecular weight is 448 g/mol. The van der Waals surface area contributed by atoms with Crippen LogP contribution >= 0.6 is 15.9 Å². The number of aromatic hydroxyl groups is 1. The number of hydrogen-bond acceptors (Lipinski definition) is 5. The molecule has 0 saturated heterocycles. The van der Waals surface area contributed by atoms with Gasteiger partial charge in [-0.15, -0.1) is 0 Å². The van der Waals surface area contributed by atoms with Gasteiger partial charge in [-0.05, 0) is 73.0 Å². The van der Waals surface area contributed by atoms with Crippen LogP contribution in [0.25, 0.3) is 0 Å². The molecule has 0 heterocycles. The number of amides is 1. The number of carbonyl (C=O) groups excluding carboxylic acids is 1. The fourth-order valence-electron chi connectivity index (χ4n) is 2.86. The Morgan fingerprint density at radius 2 is 1.96 bits per heavy atom. The normalized spacial score (nSPS) is 10.9. The standard InChI is InChI=1S/C21H26BrN3O3/c1-5-25(6-2)17-8-7-16(19(26)11-17)12-23-24-20(27)13-28-21-15(4)9-14(3)10-18(21)22/h7-12,26H,5-6,13H2,1-4H3,(H,24,27)/b23-12-. The maximum Gasteiger partial charge on any atom is 0.277 e. The van der Waals surface area contributed by atoms with Crippen LogP contribution < -0.4 is 15.1 Å². The highest BCUT2D eigenvalue weighted by Crippen LogP contribution is 2.30. The van der Waals surface area contributed by atoms with Crippen molar-refractivity contribution in [2.45, 2.75) is 27.7 Å². The van der Waals surface area contributed by atoms with E-state index in [4.69, 9.17) is 4.74 Å². The molecule has 0 aliphatic heterocycles. The number of nitrogens with one attached hydrogen (secondary N) is 1. The molecule has 0 aliphatic carbocycles. The van der Waals surface area contributed by atoms with E-state index in [-0.39, 0.29) is 18.3 Å². The summed E-state index contributed by atoms with van der Waals surface area (Å²) in [5.74, 6) is 0.356. The Morgan fingerprint density at radius 1 is 1.25 bits per heavy atom. The van der Waals surface area contributed by atoms with Gasteiger partial charge in [-0.2, -0.15) is 5.10 Å². The molecular weight excluding hydrogens is 422 g/mol. The van der Waals surface area contributed by atoms with Crippen molar-refractivity contribution >= 4 is 33.7 Å². The van der Waals surface area contributed by atoms with E-state index in [0.29, 0.717) is 11.3 Å². The number of phenolic OH excluding ortho intramolecular Hbond substituents is 1. The molecule has 0 aliphatic rings. The predicted molar refractivity (Wildman–Crippen MR) is 117 cm³/mol. The third-order valence-corrected chi connectivity index (χ3v) is 4.85. The molecule has 0 bridgehead atoms. The fraction of sp³-hybridized carbons (Fsp3) is 0.333. The molecule has 0 saturated carbocycles. The summed E-state index contributed by atoms with van der Waals surface area (Å²) in [7, 11) is 0. The van der Waals surface area contributed by atoms with Gasteiger partial charge in [-0.3, -0.25) is 4.79 Å². The van der Waals surface area contributed by atoms with Crippen molar-refractivity contribution in [1.29, 1.82) is 0 Å². The summed E-state index contributed by atoms with van der Waals surface area (Å²) in [5.41, 5.74) is 5.93. The number of carbonyl (C=O) groups is 1. The fourth-order valence-corrected chi connectivity index (χ4v) is 3.64. The summed E-state index contributed by atoms with van der Waals surface area (Å²) in [4.78, 5) is 14.1.